The van der Waals surface area contributed by atoms with Gasteiger partial charge in [-0.15, -0.1) is 11.3 Å². The van der Waals surface area contributed by atoms with Crippen molar-refractivity contribution in [2.24, 2.45) is 11.8 Å². The summed E-state index contributed by atoms with van der Waals surface area (Å²) < 4.78 is 5.33. The average Bonchev–Trinajstić information content (AvgIpc) is 3.02. The Morgan fingerprint density at radius 2 is 1.86 bits per heavy atom. The summed E-state index contributed by atoms with van der Waals surface area (Å²) in [5.74, 6) is -2.78. The molecule has 2 aliphatic rings. The smallest absolute Gasteiger partial charge is 0.307 e. The largest absolute Gasteiger partial charge is 0.481 e. The van der Waals surface area contributed by atoms with E-state index < -0.39 is 17.8 Å². The van der Waals surface area contributed by atoms with Gasteiger partial charge >= 0.3 is 5.97 Å². The van der Waals surface area contributed by atoms with E-state index >= 15 is 0 Å². The van der Waals surface area contributed by atoms with Crippen LogP contribution >= 0.6 is 11.3 Å². The minimum atomic E-state index is -0.967. The molecule has 0 radical (unpaired) electrons. The van der Waals surface area contributed by atoms with Crippen molar-refractivity contribution >= 4 is 34.1 Å². The standard InChI is InChI=1S/C20H26N2O5S/c1-3-13-12(2)28-18(16(13)19(24)22-8-10-27-11-9-22)21-17(23)14-6-4-5-7-15(14)20(25)26/h4-5,14-15H,3,6-11H2,1-2H3,(H,21,23)(H,25,26)/t14-,15+/m0/s1. The molecule has 152 valence electrons. The van der Waals surface area contributed by atoms with Crippen LogP contribution in [-0.4, -0.2) is 54.1 Å². The lowest BCUT2D eigenvalue weighted by Crippen LogP contribution is -2.41. The summed E-state index contributed by atoms with van der Waals surface area (Å²) in [5.41, 5.74) is 1.48. The van der Waals surface area contributed by atoms with E-state index in [1.54, 1.807) is 11.0 Å². The minimum Gasteiger partial charge on any atom is -0.481 e. The number of aryl methyl sites for hydroxylation is 1. The zero-order valence-electron chi connectivity index (χ0n) is 16.2. The minimum absolute atomic E-state index is 0.0990. The Bertz CT molecular complexity index is 795. The first-order chi connectivity index (χ1) is 13.4. The lowest BCUT2D eigenvalue weighted by atomic mass is 9.82. The van der Waals surface area contributed by atoms with Crippen LogP contribution in [0.2, 0.25) is 0 Å². The first-order valence-corrected chi connectivity index (χ1v) is 10.4. The zero-order valence-corrected chi connectivity index (χ0v) is 17.0. The Labute approximate surface area is 168 Å². The highest BCUT2D eigenvalue weighted by atomic mass is 32.1. The lowest BCUT2D eigenvalue weighted by molar-refractivity contribution is -0.146. The third-order valence-corrected chi connectivity index (χ3v) is 6.46. The molecule has 28 heavy (non-hydrogen) atoms. The fraction of sp³-hybridized carbons (Fsp3) is 0.550. The summed E-state index contributed by atoms with van der Waals surface area (Å²) in [4.78, 5) is 40.3. The number of nitrogens with one attached hydrogen (secondary N) is 1. The molecule has 2 amide bonds. The number of allylic oxidation sites excluding steroid dienone is 2. The molecule has 1 aromatic rings. The van der Waals surface area contributed by atoms with Crippen molar-refractivity contribution in [3.05, 3.63) is 28.2 Å². The van der Waals surface area contributed by atoms with Gasteiger partial charge in [-0.25, -0.2) is 0 Å². The normalized spacial score (nSPS) is 22.1. The number of carboxylic acid groups (broad SMARTS) is 1. The van der Waals surface area contributed by atoms with Crippen LogP contribution in [-0.2, 0) is 20.7 Å². The van der Waals surface area contributed by atoms with Crippen molar-refractivity contribution in [1.29, 1.82) is 0 Å². The van der Waals surface area contributed by atoms with Crippen LogP contribution < -0.4 is 5.32 Å². The van der Waals surface area contributed by atoms with Crippen LogP contribution in [0.15, 0.2) is 12.2 Å². The second-order valence-electron chi connectivity index (χ2n) is 7.08. The molecule has 0 bridgehead atoms. The second-order valence-corrected chi connectivity index (χ2v) is 8.31. The summed E-state index contributed by atoms with van der Waals surface area (Å²) in [5, 5.41) is 12.8. The van der Waals surface area contributed by atoms with Crippen LogP contribution in [0.3, 0.4) is 0 Å². The van der Waals surface area contributed by atoms with E-state index in [1.807, 2.05) is 19.9 Å². The van der Waals surface area contributed by atoms with Crippen LogP contribution in [0.1, 0.15) is 40.6 Å². The highest BCUT2D eigenvalue weighted by Crippen LogP contribution is 2.36. The van der Waals surface area contributed by atoms with Crippen molar-refractivity contribution in [2.75, 3.05) is 31.6 Å². The molecule has 1 aliphatic heterocycles. The zero-order chi connectivity index (χ0) is 20.3. The number of thiophene rings is 1. The van der Waals surface area contributed by atoms with Gasteiger partial charge in [0.25, 0.3) is 5.91 Å². The van der Waals surface area contributed by atoms with Gasteiger partial charge in [0.05, 0.1) is 30.6 Å². The van der Waals surface area contributed by atoms with Crippen molar-refractivity contribution in [3.63, 3.8) is 0 Å². The maximum absolute atomic E-state index is 13.2. The van der Waals surface area contributed by atoms with Crippen molar-refractivity contribution in [3.8, 4) is 0 Å². The van der Waals surface area contributed by atoms with E-state index in [4.69, 9.17) is 4.74 Å². The van der Waals surface area contributed by atoms with Crippen molar-refractivity contribution in [1.82, 2.24) is 4.90 Å². The van der Waals surface area contributed by atoms with Crippen LogP contribution in [0.4, 0.5) is 5.00 Å². The highest BCUT2D eigenvalue weighted by molar-refractivity contribution is 7.16. The van der Waals surface area contributed by atoms with Gasteiger partial charge in [-0.2, -0.15) is 0 Å². The monoisotopic (exact) mass is 406 g/mol. The van der Waals surface area contributed by atoms with Gasteiger partial charge in [-0.3, -0.25) is 14.4 Å². The van der Waals surface area contributed by atoms with E-state index in [9.17, 15) is 19.5 Å². The average molecular weight is 407 g/mol. The fourth-order valence-corrected chi connectivity index (χ4v) is 4.96. The number of nitrogens with zero attached hydrogens (tertiary/aromatic N) is 1. The van der Waals surface area contributed by atoms with E-state index in [2.05, 4.69) is 5.32 Å². The molecule has 2 atom stereocenters. The van der Waals surface area contributed by atoms with Crippen molar-refractivity contribution in [2.45, 2.75) is 33.1 Å². The number of rotatable bonds is 5. The SMILES string of the molecule is CCc1c(C)sc(NC(=O)[C@H]2CC=CC[C@H]2C(=O)O)c1C(=O)N1CCOCC1. The van der Waals surface area contributed by atoms with Crippen LogP contribution in [0, 0.1) is 18.8 Å². The van der Waals surface area contributed by atoms with E-state index in [0.29, 0.717) is 56.1 Å². The molecule has 3 rings (SSSR count). The van der Waals surface area contributed by atoms with Crippen molar-refractivity contribution < 1.29 is 24.2 Å². The molecular formula is C20H26N2O5S. The van der Waals surface area contributed by atoms with E-state index in [0.717, 1.165) is 10.4 Å². The molecule has 1 saturated heterocycles. The molecular weight excluding hydrogens is 380 g/mol. The number of aliphatic carboxylic acids is 1. The molecule has 0 saturated carbocycles. The summed E-state index contributed by atoms with van der Waals surface area (Å²) in [6.07, 6.45) is 5.08. The maximum Gasteiger partial charge on any atom is 0.307 e. The molecule has 1 aromatic heterocycles. The number of ether oxygens (including phenoxy) is 1. The summed E-state index contributed by atoms with van der Waals surface area (Å²) in [6, 6.07) is 0. The first-order valence-electron chi connectivity index (χ1n) is 9.62. The predicted octanol–water partition coefficient (Wildman–Crippen LogP) is 2.70. The molecule has 8 heteroatoms. The Kier molecular flexibility index (Phi) is 6.51. The Morgan fingerprint density at radius 1 is 1.21 bits per heavy atom. The predicted molar refractivity (Wildman–Crippen MR) is 107 cm³/mol. The van der Waals surface area contributed by atoms with E-state index in [1.165, 1.54) is 11.3 Å². The second kappa shape index (κ2) is 8.87. The van der Waals surface area contributed by atoms with Gasteiger partial charge in [-0.1, -0.05) is 19.1 Å². The first kappa shape index (κ1) is 20.5. The summed E-state index contributed by atoms with van der Waals surface area (Å²) in [7, 11) is 0. The number of carbonyl (C=O) groups is 3. The number of amides is 2. The topological polar surface area (TPSA) is 95.9 Å². The number of hydrogen-bond donors (Lipinski definition) is 2. The molecule has 0 unspecified atom stereocenters. The molecule has 0 spiro atoms. The Morgan fingerprint density at radius 3 is 2.46 bits per heavy atom. The Hall–Kier alpha value is -2.19. The van der Waals surface area contributed by atoms with Gasteiger partial charge in [0.2, 0.25) is 5.91 Å². The molecule has 2 heterocycles. The molecule has 1 fully saturated rings. The van der Waals surface area contributed by atoms with Crippen LogP contribution in [0.5, 0.6) is 0 Å². The fourth-order valence-electron chi connectivity index (χ4n) is 3.82. The number of carboxylic acids is 1. The number of morpholine rings is 1. The number of carbonyl (C=O) groups excluding carboxylic acids is 2. The summed E-state index contributed by atoms with van der Waals surface area (Å²) in [6.45, 7) is 6.00. The van der Waals surface area contributed by atoms with Gasteiger partial charge < -0.3 is 20.1 Å². The molecule has 7 nitrogen and oxygen atoms in total. The molecule has 2 N–H and O–H groups in total. The molecule has 0 aromatic carbocycles. The van der Waals surface area contributed by atoms with Gasteiger partial charge in [0.1, 0.15) is 5.00 Å². The number of anilines is 1. The lowest BCUT2D eigenvalue weighted by Gasteiger charge is -2.28. The van der Waals surface area contributed by atoms with Gasteiger partial charge in [0.15, 0.2) is 0 Å². The quantitative estimate of drug-likeness (QED) is 0.733. The molecule has 1 aliphatic carbocycles. The van der Waals surface area contributed by atoms with E-state index in [-0.39, 0.29) is 11.8 Å². The van der Waals surface area contributed by atoms with Gasteiger partial charge in [0, 0.05) is 18.0 Å². The highest BCUT2D eigenvalue weighted by Gasteiger charge is 2.35. The summed E-state index contributed by atoms with van der Waals surface area (Å²) >= 11 is 1.38. The third kappa shape index (κ3) is 4.12. The number of hydrogen-bond acceptors (Lipinski definition) is 5. The van der Waals surface area contributed by atoms with Gasteiger partial charge in [-0.05, 0) is 31.7 Å². The Balaban J connectivity index is 1.87. The van der Waals surface area contributed by atoms with Crippen LogP contribution in [0.25, 0.3) is 0 Å². The third-order valence-electron chi connectivity index (χ3n) is 5.40. The maximum atomic E-state index is 13.2.